The third-order valence-corrected chi connectivity index (χ3v) is 2.91. The van der Waals surface area contributed by atoms with Gasteiger partial charge in [-0.05, 0) is 11.6 Å². The van der Waals surface area contributed by atoms with Crippen LogP contribution in [-0.4, -0.2) is 26.4 Å². The molecule has 7 heteroatoms. The van der Waals surface area contributed by atoms with E-state index in [9.17, 15) is 0 Å². The molecule has 0 atom stereocenters. The highest BCUT2D eigenvalue weighted by atomic mass is 15.3. The van der Waals surface area contributed by atoms with Gasteiger partial charge < -0.3 is 5.43 Å². The Morgan fingerprint density at radius 2 is 2.14 bits per heavy atom. The average molecular weight is 283 g/mol. The Balaban J connectivity index is 2.03. The molecule has 0 aromatic carbocycles. The van der Waals surface area contributed by atoms with Crippen LogP contribution in [0.4, 0.5) is 5.82 Å². The van der Waals surface area contributed by atoms with Gasteiger partial charge in [-0.3, -0.25) is 14.9 Å². The number of nitrogens with two attached hydrogens (primary N) is 1. The second-order valence-electron chi connectivity index (χ2n) is 4.52. The third-order valence-electron chi connectivity index (χ3n) is 2.91. The minimum Gasteiger partial charge on any atom is -0.307 e. The van der Waals surface area contributed by atoms with Crippen molar-refractivity contribution in [2.75, 3.05) is 12.0 Å². The van der Waals surface area contributed by atoms with Gasteiger partial charge in [-0.25, -0.2) is 10.8 Å². The maximum Gasteiger partial charge on any atom is 0.158 e. The fourth-order valence-corrected chi connectivity index (χ4v) is 1.91. The highest BCUT2D eigenvalue weighted by Gasteiger charge is 2.08. The van der Waals surface area contributed by atoms with Gasteiger partial charge in [0.05, 0.1) is 24.2 Å². The summed E-state index contributed by atoms with van der Waals surface area (Å²) in [6.07, 6.45) is 7.30. The molecule has 2 heterocycles. The molecule has 108 valence electrons. The van der Waals surface area contributed by atoms with Crippen LogP contribution in [0.15, 0.2) is 36.9 Å². The molecular formula is C14H17N7. The maximum absolute atomic E-state index is 8.78. The van der Waals surface area contributed by atoms with E-state index in [1.54, 1.807) is 18.6 Å². The smallest absolute Gasteiger partial charge is 0.158 e. The zero-order valence-electron chi connectivity index (χ0n) is 11.6. The van der Waals surface area contributed by atoms with E-state index in [1.165, 1.54) is 0 Å². The van der Waals surface area contributed by atoms with E-state index in [1.807, 2.05) is 18.3 Å². The first-order chi connectivity index (χ1) is 10.3. The van der Waals surface area contributed by atoms with Gasteiger partial charge in [0.2, 0.25) is 0 Å². The minimum atomic E-state index is 0.468. The predicted molar refractivity (Wildman–Crippen MR) is 78.4 cm³/mol. The average Bonchev–Trinajstić information content (AvgIpc) is 2.54. The molecule has 0 bridgehead atoms. The van der Waals surface area contributed by atoms with Gasteiger partial charge in [-0.2, -0.15) is 5.26 Å². The Bertz CT molecular complexity index is 577. The van der Waals surface area contributed by atoms with Crippen LogP contribution in [0.3, 0.4) is 0 Å². The number of rotatable bonds is 7. The molecule has 0 aliphatic heterocycles. The molecule has 3 N–H and O–H groups in total. The first-order valence-corrected chi connectivity index (χ1v) is 6.57. The van der Waals surface area contributed by atoms with Gasteiger partial charge in [0, 0.05) is 38.4 Å². The topological polar surface area (TPSA) is 104 Å². The first kappa shape index (κ1) is 14.8. The number of hydrogen-bond acceptors (Lipinski definition) is 7. The molecule has 0 aliphatic rings. The molecule has 2 aromatic rings. The van der Waals surface area contributed by atoms with Crippen LogP contribution >= 0.6 is 0 Å². The van der Waals surface area contributed by atoms with Crippen molar-refractivity contribution in [2.45, 2.75) is 19.5 Å². The molecule has 0 amide bonds. The van der Waals surface area contributed by atoms with E-state index in [0.29, 0.717) is 31.9 Å². The van der Waals surface area contributed by atoms with Crippen molar-refractivity contribution in [1.29, 1.82) is 5.26 Å². The molecule has 0 saturated carbocycles. The number of hydrogen-bond donors (Lipinski definition) is 2. The molecule has 0 saturated heterocycles. The number of aromatic nitrogens is 3. The van der Waals surface area contributed by atoms with Crippen LogP contribution in [0.25, 0.3) is 0 Å². The van der Waals surface area contributed by atoms with Crippen molar-refractivity contribution in [2.24, 2.45) is 5.84 Å². The Morgan fingerprint density at radius 1 is 1.24 bits per heavy atom. The second kappa shape index (κ2) is 7.89. The van der Waals surface area contributed by atoms with Crippen LogP contribution in [0.2, 0.25) is 0 Å². The van der Waals surface area contributed by atoms with E-state index in [0.717, 1.165) is 11.3 Å². The summed E-state index contributed by atoms with van der Waals surface area (Å²) in [5.74, 6) is 5.79. The molecule has 7 nitrogen and oxygen atoms in total. The summed E-state index contributed by atoms with van der Waals surface area (Å²) in [7, 11) is 0. The Labute approximate surface area is 123 Å². The lowest BCUT2D eigenvalue weighted by Gasteiger charge is -2.20. The Morgan fingerprint density at radius 3 is 2.76 bits per heavy atom. The minimum absolute atomic E-state index is 0.468. The van der Waals surface area contributed by atoms with Gasteiger partial charge in [-0.1, -0.05) is 6.07 Å². The van der Waals surface area contributed by atoms with Crippen LogP contribution in [0, 0.1) is 11.3 Å². The number of nitriles is 1. The number of nitrogens with one attached hydrogen (secondary N) is 1. The van der Waals surface area contributed by atoms with Crippen molar-refractivity contribution >= 4 is 5.82 Å². The lowest BCUT2D eigenvalue weighted by Crippen LogP contribution is -2.24. The molecule has 0 fully saturated rings. The predicted octanol–water partition coefficient (Wildman–Crippen LogP) is 1.07. The molecule has 2 rings (SSSR count). The Hall–Kier alpha value is -2.56. The normalized spacial score (nSPS) is 10.3. The highest BCUT2D eigenvalue weighted by Crippen LogP contribution is 2.08. The van der Waals surface area contributed by atoms with Crippen LogP contribution in [0.5, 0.6) is 0 Å². The van der Waals surface area contributed by atoms with E-state index in [4.69, 9.17) is 11.1 Å². The van der Waals surface area contributed by atoms with E-state index in [-0.39, 0.29) is 0 Å². The van der Waals surface area contributed by atoms with Crippen LogP contribution in [0.1, 0.15) is 17.7 Å². The zero-order valence-corrected chi connectivity index (χ0v) is 11.6. The second-order valence-corrected chi connectivity index (χ2v) is 4.52. The summed E-state index contributed by atoms with van der Waals surface area (Å²) < 4.78 is 0. The van der Waals surface area contributed by atoms with Crippen molar-refractivity contribution < 1.29 is 0 Å². The van der Waals surface area contributed by atoms with Gasteiger partial charge >= 0.3 is 0 Å². The van der Waals surface area contributed by atoms with Crippen molar-refractivity contribution in [3.05, 3.63) is 48.2 Å². The number of anilines is 1. The lowest BCUT2D eigenvalue weighted by atomic mass is 10.2. The number of nitrogen functional groups attached to an aromatic ring is 1. The van der Waals surface area contributed by atoms with Gasteiger partial charge in [0.25, 0.3) is 0 Å². The summed E-state index contributed by atoms with van der Waals surface area (Å²) >= 11 is 0. The van der Waals surface area contributed by atoms with E-state index in [2.05, 4.69) is 31.3 Å². The number of nitrogens with zero attached hydrogens (tertiary/aromatic N) is 5. The van der Waals surface area contributed by atoms with Crippen molar-refractivity contribution in [3.8, 4) is 6.07 Å². The molecule has 0 unspecified atom stereocenters. The molecule has 0 spiro atoms. The van der Waals surface area contributed by atoms with Crippen LogP contribution in [-0.2, 0) is 13.1 Å². The molecule has 2 aromatic heterocycles. The van der Waals surface area contributed by atoms with Crippen molar-refractivity contribution in [1.82, 2.24) is 19.9 Å². The quantitative estimate of drug-likeness (QED) is 0.578. The van der Waals surface area contributed by atoms with Gasteiger partial charge in [0.15, 0.2) is 5.82 Å². The van der Waals surface area contributed by atoms with E-state index < -0.39 is 0 Å². The standard InChI is InChI=1S/C14H17N7/c15-4-2-6-21(10-12-3-1-5-17-7-12)11-13-8-19-14(20-16)9-18-13/h1,3,5,7-9H,2,6,10-11,16H2,(H,19,20). The van der Waals surface area contributed by atoms with Gasteiger partial charge in [-0.15, -0.1) is 0 Å². The number of hydrazine groups is 1. The SMILES string of the molecule is N#CCCN(Cc1cccnc1)Cc1cnc(NN)cn1. The van der Waals surface area contributed by atoms with Crippen LogP contribution < -0.4 is 11.3 Å². The lowest BCUT2D eigenvalue weighted by molar-refractivity contribution is 0.259. The zero-order chi connectivity index (χ0) is 14.9. The summed E-state index contributed by atoms with van der Waals surface area (Å²) in [5, 5.41) is 8.78. The summed E-state index contributed by atoms with van der Waals surface area (Å²) in [6, 6.07) is 6.08. The largest absolute Gasteiger partial charge is 0.307 e. The maximum atomic E-state index is 8.78. The fourth-order valence-electron chi connectivity index (χ4n) is 1.91. The molecule has 0 radical (unpaired) electrons. The van der Waals surface area contributed by atoms with Gasteiger partial charge in [0.1, 0.15) is 0 Å². The highest BCUT2D eigenvalue weighted by molar-refractivity contribution is 5.28. The molecule has 21 heavy (non-hydrogen) atoms. The summed E-state index contributed by atoms with van der Waals surface area (Å²) in [6.45, 7) is 2.01. The molecular weight excluding hydrogens is 266 g/mol. The monoisotopic (exact) mass is 283 g/mol. The molecule has 0 aliphatic carbocycles. The van der Waals surface area contributed by atoms with E-state index >= 15 is 0 Å². The first-order valence-electron chi connectivity index (χ1n) is 6.57. The fraction of sp³-hybridized carbons (Fsp3) is 0.286. The number of pyridine rings is 1. The summed E-state index contributed by atoms with van der Waals surface area (Å²) in [5.41, 5.74) is 4.37. The van der Waals surface area contributed by atoms with Crippen molar-refractivity contribution in [3.63, 3.8) is 0 Å². The summed E-state index contributed by atoms with van der Waals surface area (Å²) in [4.78, 5) is 14.7. The third kappa shape index (κ3) is 4.80. The Kier molecular flexibility index (Phi) is 5.58.